The number of ether oxygens (including phenoxy) is 1. The van der Waals surface area contributed by atoms with E-state index in [1.807, 2.05) is 16.6 Å². The van der Waals surface area contributed by atoms with Gasteiger partial charge in [-0.1, -0.05) is 11.6 Å². The number of carbonyl (C=O) groups is 1. The van der Waals surface area contributed by atoms with Gasteiger partial charge in [-0.15, -0.1) is 0 Å². The summed E-state index contributed by atoms with van der Waals surface area (Å²) in [5.74, 6) is 0.113. The fourth-order valence-electron chi connectivity index (χ4n) is 0.981. The summed E-state index contributed by atoms with van der Waals surface area (Å²) in [6.45, 7) is 3.27. The van der Waals surface area contributed by atoms with Gasteiger partial charge >= 0.3 is 22.6 Å². The average Bonchev–Trinajstić information content (AvgIpc) is 2.20. The van der Waals surface area contributed by atoms with Gasteiger partial charge in [0.05, 0.1) is 0 Å². The zero-order valence-corrected chi connectivity index (χ0v) is 11.4. The van der Waals surface area contributed by atoms with Gasteiger partial charge in [-0.3, -0.25) is 4.79 Å². The van der Waals surface area contributed by atoms with Gasteiger partial charge in [-0.25, -0.2) is 0 Å². The maximum Gasteiger partial charge on any atom is 0.485 e. The maximum absolute atomic E-state index is 11.3. The zero-order valence-electron chi connectivity index (χ0n) is 9.49. The Morgan fingerprint density at radius 3 is 2.12 bits per heavy atom. The highest BCUT2D eigenvalue weighted by atomic mass is 35.5. The van der Waals surface area contributed by atoms with E-state index < -0.39 is 11.6 Å². The largest absolute Gasteiger partial charge is 0.625 e. The van der Waals surface area contributed by atoms with Gasteiger partial charge in [-0.2, -0.15) is 0 Å². The molecule has 17 heavy (non-hydrogen) atoms. The molecule has 0 atom stereocenters. The highest BCUT2D eigenvalue weighted by Gasteiger charge is 2.29. The minimum Gasteiger partial charge on any atom is -0.625 e. The third kappa shape index (κ3) is 5.40. The fraction of sp³-hybridized carbons (Fsp3) is 0.300. The summed E-state index contributed by atoms with van der Waals surface area (Å²) in [6, 6.07) is 6.78. The third-order valence-electron chi connectivity index (χ3n) is 1.79. The van der Waals surface area contributed by atoms with Crippen LogP contribution in [0.25, 0.3) is 0 Å². The molecule has 0 aromatic heterocycles. The summed E-state index contributed by atoms with van der Waals surface area (Å²) in [5.41, 5.74) is -1.02. The highest BCUT2D eigenvalue weighted by molar-refractivity contribution is 6.30. The number of carbonyl (C=O) groups excluding carboxylic acids is 1. The summed E-state index contributed by atoms with van der Waals surface area (Å²) >= 11 is 7.63. The van der Waals surface area contributed by atoms with Crippen LogP contribution in [0, 0.1) is 0 Å². The minimum atomic E-state index is -1.02. The molecule has 0 saturated heterocycles. The molecule has 4 N–H and O–H groups in total. The van der Waals surface area contributed by atoms with Gasteiger partial charge in [0.15, 0.2) is 5.60 Å². The molecule has 7 heteroatoms. The summed E-state index contributed by atoms with van der Waals surface area (Å²) in [5, 5.41) is 0.619. The quantitative estimate of drug-likeness (QED) is 0.750. The van der Waals surface area contributed by atoms with Gasteiger partial charge in [0.2, 0.25) is 0 Å². The van der Waals surface area contributed by atoms with Crippen LogP contribution in [-0.2, 0) is 8.58 Å². The molecule has 1 aromatic rings. The molecule has 94 valence electrons. The van der Waals surface area contributed by atoms with Crippen molar-refractivity contribution in [2.24, 2.45) is 0 Å². The molecule has 0 aliphatic carbocycles. The Bertz CT molecular complexity index is 352. The molecule has 5 nitrogen and oxygen atoms in total. The maximum atomic E-state index is 11.3. The first-order chi connectivity index (χ1) is 6.95. The van der Waals surface area contributed by atoms with Crippen molar-refractivity contribution in [2.75, 3.05) is 0 Å². The predicted octanol–water partition coefficient (Wildman–Crippen LogP) is 0.475. The Kier molecular flexibility index (Phi) is 8.24. The van der Waals surface area contributed by atoms with Crippen LogP contribution in [0.2, 0.25) is 5.02 Å². The second-order valence-corrected chi connectivity index (χ2v) is 4.14. The molecule has 2 radical (unpaired) electrons. The predicted molar refractivity (Wildman–Crippen MR) is 65.2 cm³/mol. The Hall–Kier alpha value is -0.768. The van der Waals surface area contributed by atoms with E-state index in [4.69, 9.17) is 16.3 Å². The summed E-state index contributed by atoms with van der Waals surface area (Å²) < 4.78 is 10.0. The van der Waals surface area contributed by atoms with Crippen LogP contribution < -0.4 is 4.74 Å². The number of rotatable bonds is 3. The Labute approximate surface area is 113 Å². The fourth-order valence-corrected chi connectivity index (χ4v) is 1.39. The molecule has 0 aliphatic heterocycles. The lowest BCUT2D eigenvalue weighted by molar-refractivity contribution is -0.148. The van der Waals surface area contributed by atoms with Gasteiger partial charge in [0, 0.05) is 5.02 Å². The Balaban J connectivity index is 0. The lowest BCUT2D eigenvalue weighted by Crippen LogP contribution is -2.39. The van der Waals surface area contributed by atoms with E-state index in [2.05, 4.69) is 3.79 Å². The highest BCUT2D eigenvalue weighted by Crippen LogP contribution is 2.21. The third-order valence-corrected chi connectivity index (χ3v) is 2.25. The van der Waals surface area contributed by atoms with Crippen molar-refractivity contribution < 1.29 is 24.3 Å². The minimum absolute atomic E-state index is 0. The monoisotopic (exact) mass is 276 g/mol. The van der Waals surface area contributed by atoms with Gasteiger partial charge < -0.3 is 19.5 Å². The zero-order chi connectivity index (χ0) is 11.5. The van der Waals surface area contributed by atoms with Crippen molar-refractivity contribution in [3.05, 3.63) is 29.3 Å². The van der Waals surface area contributed by atoms with Gasteiger partial charge in [0.25, 0.3) is 0 Å². The Morgan fingerprint density at radius 2 is 1.71 bits per heavy atom. The van der Waals surface area contributed by atoms with Crippen molar-refractivity contribution in [2.45, 2.75) is 19.4 Å². The van der Waals surface area contributed by atoms with Crippen LogP contribution in [-0.4, -0.2) is 39.1 Å². The summed E-state index contributed by atoms with van der Waals surface area (Å²) in [4.78, 5) is 11.3. The number of hydrogen-bond donors (Lipinski definition) is 0. The molecule has 0 amide bonds. The summed E-state index contributed by atoms with van der Waals surface area (Å²) in [6.07, 6.45) is 0. The van der Waals surface area contributed by atoms with Crippen LogP contribution in [0.1, 0.15) is 13.8 Å². The van der Waals surface area contributed by atoms with Crippen molar-refractivity contribution in [1.29, 1.82) is 0 Å². The number of hydrogen-bond acceptors (Lipinski definition) is 3. The molecule has 0 fully saturated rings. The van der Waals surface area contributed by atoms with Crippen molar-refractivity contribution in [1.82, 2.24) is 0 Å². The molecule has 1 aromatic carbocycles. The molecular weight excluding hydrogens is 263 g/mol. The van der Waals surface area contributed by atoms with Crippen LogP contribution in [0.3, 0.4) is 0 Å². The molecule has 0 aliphatic rings. The van der Waals surface area contributed by atoms with E-state index >= 15 is 0 Å². The second-order valence-electron chi connectivity index (χ2n) is 3.47. The number of halogens is 1. The van der Waals surface area contributed by atoms with Crippen molar-refractivity contribution in [3.8, 4) is 5.75 Å². The van der Waals surface area contributed by atoms with E-state index in [1.165, 1.54) is 0 Å². The molecule has 0 saturated carbocycles. The van der Waals surface area contributed by atoms with E-state index in [9.17, 15) is 4.79 Å². The van der Waals surface area contributed by atoms with Gasteiger partial charge in [0.1, 0.15) is 5.75 Å². The van der Waals surface area contributed by atoms with E-state index in [1.54, 1.807) is 38.1 Å². The van der Waals surface area contributed by atoms with Crippen LogP contribution in [0.4, 0.5) is 0 Å². The molecule has 0 spiro atoms. The standard InChI is InChI=1S/C10H11ClO3.Al.2H2O/c1-10(2,9(12)13)14-8-5-3-7(11)4-6-8;;;/h3-6H,1-2H3,(H,12,13);;2*1H2/q;+1;;/p-1. The topological polar surface area (TPSA) is 98.5 Å². The molecule has 0 bridgehead atoms. The molecule has 1 rings (SSSR count). The molecule has 0 unspecified atom stereocenters. The molecule has 0 heterocycles. The number of benzene rings is 1. The second kappa shape index (κ2) is 7.54. The average molecular weight is 277 g/mol. The van der Waals surface area contributed by atoms with Crippen LogP contribution in [0.5, 0.6) is 5.75 Å². The summed E-state index contributed by atoms with van der Waals surface area (Å²) in [7, 11) is 0. The van der Waals surface area contributed by atoms with Crippen molar-refractivity contribution in [3.63, 3.8) is 0 Å². The van der Waals surface area contributed by atoms with Gasteiger partial charge in [-0.05, 0) is 38.1 Å². The Morgan fingerprint density at radius 1 is 1.24 bits per heavy atom. The first kappa shape index (κ1) is 18.6. The van der Waals surface area contributed by atoms with Crippen LogP contribution in [0.15, 0.2) is 24.3 Å². The van der Waals surface area contributed by atoms with E-state index in [0.29, 0.717) is 10.8 Å². The van der Waals surface area contributed by atoms with Crippen molar-refractivity contribution >= 4 is 34.2 Å². The first-order valence-electron chi connectivity index (χ1n) is 4.31. The SMILES string of the molecule is CC(C)(Oc1ccc(Cl)cc1)C(=O)[O][Al].O.O. The van der Waals surface area contributed by atoms with E-state index in [-0.39, 0.29) is 11.0 Å². The smallest absolute Gasteiger partial charge is 0.485 e. The van der Waals surface area contributed by atoms with E-state index in [0.717, 1.165) is 0 Å². The lowest BCUT2D eigenvalue weighted by Gasteiger charge is -2.24. The van der Waals surface area contributed by atoms with Crippen LogP contribution >= 0.6 is 11.6 Å². The normalized spacial score (nSPS) is 9.59. The first-order valence-corrected chi connectivity index (χ1v) is 5.16. The molecular formula is C10H14AlClO5. The lowest BCUT2D eigenvalue weighted by atomic mass is 10.1.